The molecule has 3 nitrogen and oxygen atoms in total. The molecule has 1 saturated heterocycles. The van der Waals surface area contributed by atoms with Crippen LogP contribution in [0.3, 0.4) is 0 Å². The van der Waals surface area contributed by atoms with Crippen molar-refractivity contribution in [2.24, 2.45) is 11.3 Å². The quantitative estimate of drug-likeness (QED) is 0.730. The summed E-state index contributed by atoms with van der Waals surface area (Å²) < 4.78 is 0. The van der Waals surface area contributed by atoms with Crippen LogP contribution >= 0.6 is 12.4 Å². The fraction of sp³-hybridized carbons (Fsp3) is 0.909. The molecule has 2 aliphatic carbocycles. The van der Waals surface area contributed by atoms with Crippen molar-refractivity contribution in [3.05, 3.63) is 0 Å². The Kier molecular flexibility index (Phi) is 2.95. The largest absolute Gasteiger partial charge is 0.340 e. The van der Waals surface area contributed by atoms with E-state index in [-0.39, 0.29) is 12.4 Å². The van der Waals surface area contributed by atoms with Crippen LogP contribution in [0.25, 0.3) is 0 Å². The number of nitrogens with zero attached hydrogens (tertiary/aromatic N) is 1. The van der Waals surface area contributed by atoms with Gasteiger partial charge in [0.2, 0.25) is 5.91 Å². The highest BCUT2D eigenvalue weighted by Crippen LogP contribution is 2.65. The van der Waals surface area contributed by atoms with Crippen LogP contribution in [0.1, 0.15) is 25.7 Å². The first-order valence-corrected chi connectivity index (χ1v) is 5.81. The van der Waals surface area contributed by atoms with E-state index in [0.29, 0.717) is 17.2 Å². The molecule has 0 bridgehead atoms. The Morgan fingerprint density at radius 3 is 2.40 bits per heavy atom. The molecular weight excluding hydrogens is 212 g/mol. The van der Waals surface area contributed by atoms with Gasteiger partial charge in [0.25, 0.3) is 0 Å². The zero-order chi connectivity index (χ0) is 9.60. The van der Waals surface area contributed by atoms with E-state index in [2.05, 4.69) is 10.2 Å². The number of carbonyl (C=O) groups is 1. The van der Waals surface area contributed by atoms with E-state index in [9.17, 15) is 4.79 Å². The van der Waals surface area contributed by atoms with Gasteiger partial charge in [0.05, 0.1) is 0 Å². The SMILES string of the molecule is Cl.O=C(C1CC12CCC2)N1CCNCC1. The molecule has 1 heterocycles. The lowest BCUT2D eigenvalue weighted by Gasteiger charge is -2.31. The summed E-state index contributed by atoms with van der Waals surface area (Å²) in [5.41, 5.74) is 0.502. The number of rotatable bonds is 1. The second-order valence-corrected chi connectivity index (χ2v) is 5.05. The number of piperazine rings is 1. The molecule has 86 valence electrons. The van der Waals surface area contributed by atoms with E-state index < -0.39 is 0 Å². The fourth-order valence-electron chi connectivity index (χ4n) is 2.99. The molecular formula is C11H19ClN2O. The van der Waals surface area contributed by atoms with Crippen molar-refractivity contribution >= 4 is 18.3 Å². The van der Waals surface area contributed by atoms with Crippen LogP contribution in [-0.2, 0) is 4.79 Å². The zero-order valence-corrected chi connectivity index (χ0v) is 9.81. The van der Waals surface area contributed by atoms with Crippen LogP contribution in [0.4, 0.5) is 0 Å². The molecule has 0 aromatic carbocycles. The molecule has 3 fully saturated rings. The maximum absolute atomic E-state index is 12.1. The molecule has 0 aromatic rings. The summed E-state index contributed by atoms with van der Waals surface area (Å²) in [4.78, 5) is 14.1. The minimum absolute atomic E-state index is 0. The fourth-order valence-corrected chi connectivity index (χ4v) is 2.99. The molecule has 3 aliphatic rings. The van der Waals surface area contributed by atoms with Gasteiger partial charge in [0.1, 0.15) is 0 Å². The third-order valence-electron chi connectivity index (χ3n) is 4.27. The number of amides is 1. The molecule has 1 amide bonds. The molecule has 3 rings (SSSR count). The van der Waals surface area contributed by atoms with E-state index in [4.69, 9.17) is 0 Å². The number of halogens is 1. The Balaban J connectivity index is 0.000000853. The van der Waals surface area contributed by atoms with Gasteiger partial charge in [-0.3, -0.25) is 4.79 Å². The van der Waals surface area contributed by atoms with Crippen molar-refractivity contribution in [3.63, 3.8) is 0 Å². The maximum atomic E-state index is 12.1. The number of hydrogen-bond donors (Lipinski definition) is 1. The number of carbonyl (C=O) groups excluding carboxylic acids is 1. The number of hydrogen-bond acceptors (Lipinski definition) is 2. The summed E-state index contributed by atoms with van der Waals surface area (Å²) in [5, 5.41) is 3.28. The summed E-state index contributed by atoms with van der Waals surface area (Å²) in [6.07, 6.45) is 5.17. The Morgan fingerprint density at radius 1 is 1.27 bits per heavy atom. The average Bonchev–Trinajstić information content (AvgIpc) is 2.93. The van der Waals surface area contributed by atoms with Gasteiger partial charge < -0.3 is 10.2 Å². The predicted molar refractivity (Wildman–Crippen MR) is 61.1 cm³/mol. The van der Waals surface area contributed by atoms with E-state index in [1.807, 2.05) is 0 Å². The third kappa shape index (κ3) is 1.76. The Bertz CT molecular complexity index is 253. The van der Waals surface area contributed by atoms with E-state index in [1.54, 1.807) is 0 Å². The lowest BCUT2D eigenvalue weighted by molar-refractivity contribution is -0.134. The predicted octanol–water partition coefficient (Wildman–Crippen LogP) is 1.03. The van der Waals surface area contributed by atoms with Gasteiger partial charge in [-0.1, -0.05) is 6.42 Å². The Morgan fingerprint density at radius 2 is 1.93 bits per heavy atom. The van der Waals surface area contributed by atoms with Crippen LogP contribution in [-0.4, -0.2) is 37.0 Å². The van der Waals surface area contributed by atoms with E-state index >= 15 is 0 Å². The van der Waals surface area contributed by atoms with E-state index in [0.717, 1.165) is 26.2 Å². The van der Waals surface area contributed by atoms with Crippen molar-refractivity contribution < 1.29 is 4.79 Å². The first kappa shape index (κ1) is 11.2. The molecule has 1 spiro atoms. The standard InChI is InChI=1S/C11H18N2O.ClH/c14-10(13-6-4-12-5-7-13)9-8-11(9)2-1-3-11;/h9,12H,1-8H2;1H. The highest BCUT2D eigenvalue weighted by molar-refractivity contribution is 5.85. The lowest BCUT2D eigenvalue weighted by Crippen LogP contribution is -2.47. The molecule has 15 heavy (non-hydrogen) atoms. The molecule has 0 radical (unpaired) electrons. The summed E-state index contributed by atoms with van der Waals surface area (Å²) in [5.74, 6) is 0.862. The summed E-state index contributed by atoms with van der Waals surface area (Å²) >= 11 is 0. The highest BCUT2D eigenvalue weighted by Gasteiger charge is 2.61. The van der Waals surface area contributed by atoms with Crippen LogP contribution in [0.2, 0.25) is 0 Å². The molecule has 1 N–H and O–H groups in total. The normalized spacial score (nSPS) is 31.7. The third-order valence-corrected chi connectivity index (χ3v) is 4.27. The highest BCUT2D eigenvalue weighted by atomic mass is 35.5. The van der Waals surface area contributed by atoms with Crippen LogP contribution in [0.5, 0.6) is 0 Å². The Hall–Kier alpha value is -0.280. The first-order chi connectivity index (χ1) is 6.82. The lowest BCUT2D eigenvalue weighted by atomic mass is 9.79. The van der Waals surface area contributed by atoms with Crippen molar-refractivity contribution in [2.45, 2.75) is 25.7 Å². The van der Waals surface area contributed by atoms with Gasteiger partial charge in [-0.2, -0.15) is 0 Å². The topological polar surface area (TPSA) is 32.3 Å². The zero-order valence-electron chi connectivity index (χ0n) is 9.00. The molecule has 1 atom stereocenters. The van der Waals surface area contributed by atoms with Crippen LogP contribution < -0.4 is 5.32 Å². The van der Waals surface area contributed by atoms with Gasteiger partial charge in [-0.05, 0) is 24.7 Å². The summed E-state index contributed by atoms with van der Waals surface area (Å²) in [7, 11) is 0. The molecule has 1 unspecified atom stereocenters. The molecule has 2 saturated carbocycles. The monoisotopic (exact) mass is 230 g/mol. The molecule has 4 heteroatoms. The van der Waals surface area contributed by atoms with Gasteiger partial charge in [0, 0.05) is 32.1 Å². The maximum Gasteiger partial charge on any atom is 0.226 e. The minimum Gasteiger partial charge on any atom is -0.340 e. The van der Waals surface area contributed by atoms with Crippen molar-refractivity contribution in [1.82, 2.24) is 10.2 Å². The van der Waals surface area contributed by atoms with Crippen LogP contribution in [0, 0.1) is 11.3 Å². The summed E-state index contributed by atoms with van der Waals surface area (Å²) in [6, 6.07) is 0. The van der Waals surface area contributed by atoms with Crippen molar-refractivity contribution in [1.29, 1.82) is 0 Å². The van der Waals surface area contributed by atoms with Gasteiger partial charge >= 0.3 is 0 Å². The van der Waals surface area contributed by atoms with Gasteiger partial charge in [-0.25, -0.2) is 0 Å². The van der Waals surface area contributed by atoms with Crippen LogP contribution in [0.15, 0.2) is 0 Å². The minimum atomic E-state index is 0. The smallest absolute Gasteiger partial charge is 0.226 e. The van der Waals surface area contributed by atoms with Gasteiger partial charge in [-0.15, -0.1) is 12.4 Å². The second kappa shape index (κ2) is 3.95. The van der Waals surface area contributed by atoms with Gasteiger partial charge in [0.15, 0.2) is 0 Å². The Labute approximate surface area is 97.0 Å². The van der Waals surface area contributed by atoms with Crippen molar-refractivity contribution in [2.75, 3.05) is 26.2 Å². The average molecular weight is 231 g/mol. The van der Waals surface area contributed by atoms with Crippen molar-refractivity contribution in [3.8, 4) is 0 Å². The first-order valence-electron chi connectivity index (χ1n) is 5.81. The molecule has 0 aromatic heterocycles. The van der Waals surface area contributed by atoms with E-state index in [1.165, 1.54) is 25.7 Å². The second-order valence-electron chi connectivity index (χ2n) is 5.05. The number of nitrogens with one attached hydrogen (secondary N) is 1. The summed E-state index contributed by atoms with van der Waals surface area (Å²) in [6.45, 7) is 3.80. The molecule has 1 aliphatic heterocycles.